The van der Waals surface area contributed by atoms with Crippen molar-refractivity contribution < 1.29 is 9.94 Å². The molecular weight excluding hydrogens is 306 g/mol. The van der Waals surface area contributed by atoms with E-state index in [-0.39, 0.29) is 0 Å². The first kappa shape index (κ1) is 13.6. The third-order valence-corrected chi connectivity index (χ3v) is 3.43. The summed E-state index contributed by atoms with van der Waals surface area (Å²) in [7, 11) is 0. The molecule has 0 saturated heterocycles. The highest BCUT2D eigenvalue weighted by atomic mass is 79.9. The zero-order chi connectivity index (χ0) is 13.7. The molecule has 98 valence electrons. The largest absolute Gasteiger partial charge is 0.488 e. The molecule has 1 N–H and O–H groups in total. The Morgan fingerprint density at radius 1 is 1.26 bits per heavy atom. The summed E-state index contributed by atoms with van der Waals surface area (Å²) in [5, 5.41) is 11.5. The van der Waals surface area contributed by atoms with Gasteiger partial charge < -0.3 is 9.94 Å². The Morgan fingerprint density at radius 2 is 2.05 bits per heavy atom. The second-order valence-corrected chi connectivity index (χ2v) is 5.00. The van der Waals surface area contributed by atoms with Gasteiger partial charge in [0.2, 0.25) is 0 Å². The van der Waals surface area contributed by atoms with Crippen LogP contribution in [0.3, 0.4) is 0 Å². The Labute approximate surface area is 120 Å². The van der Waals surface area contributed by atoms with Crippen LogP contribution < -0.4 is 4.74 Å². The number of nitrogens with zero attached hydrogens (tertiary/aromatic N) is 1. The molecule has 0 saturated carbocycles. The number of aryl methyl sites for hydroxylation is 1. The minimum Gasteiger partial charge on any atom is -0.488 e. The van der Waals surface area contributed by atoms with Gasteiger partial charge in [-0.2, -0.15) is 0 Å². The molecule has 0 aromatic heterocycles. The maximum Gasteiger partial charge on any atom is 0.134 e. The third-order valence-electron chi connectivity index (χ3n) is 2.81. The fourth-order valence-electron chi connectivity index (χ4n) is 1.71. The molecule has 0 fully saturated rings. The highest BCUT2D eigenvalue weighted by Gasteiger charge is 2.03. The number of halogens is 1. The van der Waals surface area contributed by atoms with Gasteiger partial charge in [0.15, 0.2) is 0 Å². The van der Waals surface area contributed by atoms with Gasteiger partial charge in [-0.3, -0.25) is 0 Å². The smallest absolute Gasteiger partial charge is 0.134 e. The quantitative estimate of drug-likeness (QED) is 0.522. The molecule has 3 nitrogen and oxygen atoms in total. The molecule has 19 heavy (non-hydrogen) atoms. The molecule has 2 aromatic rings. The summed E-state index contributed by atoms with van der Waals surface area (Å²) in [6.45, 7) is 2.59. The van der Waals surface area contributed by atoms with Crippen molar-refractivity contribution in [3.8, 4) is 5.75 Å². The van der Waals surface area contributed by atoms with Crippen LogP contribution in [-0.4, -0.2) is 11.4 Å². The van der Waals surface area contributed by atoms with Crippen LogP contribution in [0.15, 0.2) is 52.1 Å². The average Bonchev–Trinajstić information content (AvgIpc) is 2.40. The molecular formula is C15H14BrNO2. The molecule has 0 amide bonds. The number of ether oxygens (including phenoxy) is 1. The molecule has 0 aliphatic carbocycles. The van der Waals surface area contributed by atoms with Crippen molar-refractivity contribution in [2.75, 3.05) is 0 Å². The first-order chi connectivity index (χ1) is 9.20. The van der Waals surface area contributed by atoms with Crippen LogP contribution in [0.2, 0.25) is 0 Å². The monoisotopic (exact) mass is 319 g/mol. The number of rotatable bonds is 4. The fourth-order valence-corrected chi connectivity index (χ4v) is 2.22. The fraction of sp³-hybridized carbons (Fsp3) is 0.133. The number of benzene rings is 2. The predicted molar refractivity (Wildman–Crippen MR) is 79.0 cm³/mol. The number of oxime groups is 1. The van der Waals surface area contributed by atoms with E-state index in [2.05, 4.69) is 40.1 Å². The van der Waals surface area contributed by atoms with Gasteiger partial charge in [0.25, 0.3) is 0 Å². The maximum absolute atomic E-state index is 8.49. The lowest BCUT2D eigenvalue weighted by Gasteiger charge is -2.10. The molecule has 0 radical (unpaired) electrons. The average molecular weight is 320 g/mol. The van der Waals surface area contributed by atoms with E-state index in [0.29, 0.717) is 6.61 Å². The van der Waals surface area contributed by atoms with E-state index >= 15 is 0 Å². The van der Waals surface area contributed by atoms with Crippen molar-refractivity contribution in [1.29, 1.82) is 0 Å². The summed E-state index contributed by atoms with van der Waals surface area (Å²) in [5.41, 5.74) is 3.18. The SMILES string of the molecule is Cc1ccccc1COc1ccc(/C=N/O)cc1Br. The lowest BCUT2D eigenvalue weighted by Crippen LogP contribution is -1.98. The van der Waals surface area contributed by atoms with E-state index in [1.54, 1.807) is 0 Å². The standard InChI is InChI=1S/C15H14BrNO2/c1-11-4-2-3-5-13(11)10-19-15-7-6-12(9-17-18)8-14(15)16/h2-9,18H,10H2,1H3/b17-9+. The Morgan fingerprint density at radius 3 is 2.74 bits per heavy atom. The van der Waals surface area contributed by atoms with Crippen molar-refractivity contribution in [3.05, 3.63) is 63.6 Å². The molecule has 2 rings (SSSR count). The highest BCUT2D eigenvalue weighted by Crippen LogP contribution is 2.26. The Bertz CT molecular complexity index is 596. The van der Waals surface area contributed by atoms with Crippen LogP contribution in [0.25, 0.3) is 0 Å². The Hall–Kier alpha value is -1.81. The Kier molecular flexibility index (Phi) is 4.58. The maximum atomic E-state index is 8.49. The van der Waals surface area contributed by atoms with Gasteiger partial charge in [0.1, 0.15) is 12.4 Å². The molecule has 2 aromatic carbocycles. The third kappa shape index (κ3) is 3.58. The first-order valence-corrected chi connectivity index (χ1v) is 6.64. The van der Waals surface area contributed by atoms with Crippen molar-refractivity contribution in [2.24, 2.45) is 5.16 Å². The van der Waals surface area contributed by atoms with Crippen LogP contribution in [0.5, 0.6) is 5.75 Å². The van der Waals surface area contributed by atoms with E-state index in [4.69, 9.17) is 9.94 Å². The molecule has 0 unspecified atom stereocenters. The van der Waals surface area contributed by atoms with Crippen LogP contribution >= 0.6 is 15.9 Å². The van der Waals surface area contributed by atoms with E-state index < -0.39 is 0 Å². The van der Waals surface area contributed by atoms with Crippen LogP contribution in [0.4, 0.5) is 0 Å². The van der Waals surface area contributed by atoms with E-state index in [0.717, 1.165) is 21.3 Å². The van der Waals surface area contributed by atoms with E-state index in [1.165, 1.54) is 11.8 Å². The second kappa shape index (κ2) is 6.38. The van der Waals surface area contributed by atoms with Gasteiger partial charge in [-0.25, -0.2) is 0 Å². The number of hydrogen-bond acceptors (Lipinski definition) is 3. The van der Waals surface area contributed by atoms with Crippen molar-refractivity contribution in [1.82, 2.24) is 0 Å². The zero-order valence-corrected chi connectivity index (χ0v) is 12.1. The normalized spacial score (nSPS) is 10.8. The van der Waals surface area contributed by atoms with Gasteiger partial charge >= 0.3 is 0 Å². The molecule has 0 heterocycles. The van der Waals surface area contributed by atoms with Gasteiger partial charge in [-0.05, 0) is 57.7 Å². The topological polar surface area (TPSA) is 41.8 Å². The van der Waals surface area contributed by atoms with Gasteiger partial charge in [0, 0.05) is 0 Å². The molecule has 0 bridgehead atoms. The summed E-state index contributed by atoms with van der Waals surface area (Å²) in [4.78, 5) is 0. The lowest BCUT2D eigenvalue weighted by molar-refractivity contribution is 0.303. The summed E-state index contributed by atoms with van der Waals surface area (Å²) in [5.74, 6) is 0.762. The Balaban J connectivity index is 2.10. The highest BCUT2D eigenvalue weighted by molar-refractivity contribution is 9.10. The molecule has 4 heteroatoms. The molecule has 0 aliphatic heterocycles. The predicted octanol–water partition coefficient (Wildman–Crippen LogP) is 4.14. The molecule has 0 atom stereocenters. The van der Waals surface area contributed by atoms with Gasteiger partial charge in [0.05, 0.1) is 10.7 Å². The van der Waals surface area contributed by atoms with Crippen molar-refractivity contribution in [3.63, 3.8) is 0 Å². The summed E-state index contributed by atoms with van der Waals surface area (Å²) in [6.07, 6.45) is 1.37. The van der Waals surface area contributed by atoms with E-state index in [9.17, 15) is 0 Å². The minimum absolute atomic E-state index is 0.526. The summed E-state index contributed by atoms with van der Waals surface area (Å²) < 4.78 is 6.61. The van der Waals surface area contributed by atoms with Gasteiger partial charge in [-0.15, -0.1) is 0 Å². The molecule has 0 aliphatic rings. The van der Waals surface area contributed by atoms with Crippen molar-refractivity contribution in [2.45, 2.75) is 13.5 Å². The lowest BCUT2D eigenvalue weighted by atomic mass is 10.1. The van der Waals surface area contributed by atoms with Crippen LogP contribution in [-0.2, 0) is 6.61 Å². The van der Waals surface area contributed by atoms with E-state index in [1.807, 2.05) is 30.3 Å². The first-order valence-electron chi connectivity index (χ1n) is 5.85. The molecule has 0 spiro atoms. The summed E-state index contributed by atoms with van der Waals surface area (Å²) in [6, 6.07) is 13.6. The second-order valence-electron chi connectivity index (χ2n) is 4.15. The van der Waals surface area contributed by atoms with Crippen LogP contribution in [0.1, 0.15) is 16.7 Å². The van der Waals surface area contributed by atoms with Gasteiger partial charge in [-0.1, -0.05) is 29.4 Å². The van der Waals surface area contributed by atoms with Crippen molar-refractivity contribution >= 4 is 22.1 Å². The summed E-state index contributed by atoms with van der Waals surface area (Å²) >= 11 is 3.44. The zero-order valence-electron chi connectivity index (χ0n) is 10.5. The van der Waals surface area contributed by atoms with Crippen LogP contribution in [0, 0.1) is 6.92 Å². The minimum atomic E-state index is 0.526. The number of hydrogen-bond donors (Lipinski definition) is 1.